The molecule has 1 aromatic rings. The standard InChI is InChI=1S/C29H50N2O5/c1-10-30(11-2)16-24(32)17-33-25-14-12-23(13-15-25)22(3)36-31-27(6,7)18-29(19-28(31,8)9)34-20-26(4,5)21-35-29/h12-15,22,24,32H,10-11,16-21H2,1-9H3. The molecule has 0 bridgehead atoms. The van der Waals surface area contributed by atoms with Crippen LogP contribution in [-0.2, 0) is 14.3 Å². The first-order chi connectivity index (χ1) is 16.7. The third kappa shape index (κ3) is 7.21. The van der Waals surface area contributed by atoms with Crippen molar-refractivity contribution >= 4 is 0 Å². The largest absolute Gasteiger partial charge is 0.491 e. The molecule has 7 nitrogen and oxygen atoms in total. The SMILES string of the molecule is CCN(CC)CC(O)COc1ccc(C(C)ON2C(C)(C)CC3(CC2(C)C)OCC(C)(C)CO3)cc1. The molecule has 1 aromatic carbocycles. The van der Waals surface area contributed by atoms with Crippen LogP contribution in [-0.4, -0.2) is 77.5 Å². The van der Waals surface area contributed by atoms with Crippen LogP contribution >= 0.6 is 0 Å². The Morgan fingerprint density at radius 2 is 1.47 bits per heavy atom. The monoisotopic (exact) mass is 506 g/mol. The van der Waals surface area contributed by atoms with Crippen LogP contribution in [0.3, 0.4) is 0 Å². The van der Waals surface area contributed by atoms with Gasteiger partial charge in [-0.2, -0.15) is 5.06 Å². The van der Waals surface area contributed by atoms with Crippen LogP contribution in [0, 0.1) is 5.41 Å². The number of nitrogens with zero attached hydrogens (tertiary/aromatic N) is 2. The molecule has 1 N–H and O–H groups in total. The van der Waals surface area contributed by atoms with Gasteiger partial charge in [0.1, 0.15) is 24.6 Å². The van der Waals surface area contributed by atoms with Crippen LogP contribution in [0.5, 0.6) is 5.75 Å². The van der Waals surface area contributed by atoms with Crippen molar-refractivity contribution in [1.82, 2.24) is 9.96 Å². The molecule has 0 aliphatic carbocycles. The second-order valence-electron chi connectivity index (χ2n) is 12.7. The van der Waals surface area contributed by atoms with E-state index in [0.717, 1.165) is 37.2 Å². The number of hydrogen-bond donors (Lipinski definition) is 1. The highest BCUT2D eigenvalue weighted by molar-refractivity contribution is 5.28. The lowest BCUT2D eigenvalue weighted by Gasteiger charge is -2.59. The number of benzene rings is 1. The summed E-state index contributed by atoms with van der Waals surface area (Å²) in [6.07, 6.45) is 0.845. The van der Waals surface area contributed by atoms with Crippen LogP contribution in [0.25, 0.3) is 0 Å². The van der Waals surface area contributed by atoms with Gasteiger partial charge in [-0.25, -0.2) is 0 Å². The predicted molar refractivity (Wildman–Crippen MR) is 143 cm³/mol. The molecular weight excluding hydrogens is 456 g/mol. The van der Waals surface area contributed by atoms with Crippen LogP contribution in [0.2, 0.25) is 0 Å². The number of ether oxygens (including phenoxy) is 3. The van der Waals surface area contributed by atoms with Crippen molar-refractivity contribution in [3.05, 3.63) is 29.8 Å². The van der Waals surface area contributed by atoms with Gasteiger partial charge in [-0.3, -0.25) is 4.84 Å². The van der Waals surface area contributed by atoms with Gasteiger partial charge in [0.25, 0.3) is 0 Å². The quantitative estimate of drug-likeness (QED) is 0.469. The predicted octanol–water partition coefficient (Wildman–Crippen LogP) is 5.18. The fourth-order valence-electron chi connectivity index (χ4n) is 5.65. The Morgan fingerprint density at radius 1 is 0.944 bits per heavy atom. The smallest absolute Gasteiger partial charge is 0.171 e. The maximum atomic E-state index is 10.3. The number of hydrogen-bond acceptors (Lipinski definition) is 7. The summed E-state index contributed by atoms with van der Waals surface area (Å²) in [6, 6.07) is 7.98. The van der Waals surface area contributed by atoms with Crippen molar-refractivity contribution in [1.29, 1.82) is 0 Å². The van der Waals surface area contributed by atoms with Crippen molar-refractivity contribution < 1.29 is 24.2 Å². The number of rotatable bonds is 10. The van der Waals surface area contributed by atoms with E-state index in [4.69, 9.17) is 19.0 Å². The van der Waals surface area contributed by atoms with Gasteiger partial charge >= 0.3 is 0 Å². The fourth-order valence-corrected chi connectivity index (χ4v) is 5.65. The zero-order valence-electron chi connectivity index (χ0n) is 24.1. The number of piperidine rings is 1. The second-order valence-corrected chi connectivity index (χ2v) is 12.7. The molecule has 2 aliphatic heterocycles. The van der Waals surface area contributed by atoms with Gasteiger partial charge in [-0.05, 0) is 65.4 Å². The number of likely N-dealkylation sites (N-methyl/N-ethyl adjacent to an activating group) is 1. The molecule has 2 atom stereocenters. The first kappa shape index (κ1) is 29.3. The summed E-state index contributed by atoms with van der Waals surface area (Å²) >= 11 is 0. The van der Waals surface area contributed by atoms with E-state index < -0.39 is 11.9 Å². The van der Waals surface area contributed by atoms with Gasteiger partial charge in [0.15, 0.2) is 5.79 Å². The van der Waals surface area contributed by atoms with Crippen LogP contribution < -0.4 is 4.74 Å². The highest BCUT2D eigenvalue weighted by Crippen LogP contribution is 2.49. The minimum absolute atomic E-state index is 0.0427. The molecule has 2 unspecified atom stereocenters. The molecule has 2 fully saturated rings. The van der Waals surface area contributed by atoms with Gasteiger partial charge in [-0.15, -0.1) is 0 Å². The van der Waals surface area contributed by atoms with Crippen LogP contribution in [0.15, 0.2) is 24.3 Å². The van der Waals surface area contributed by atoms with E-state index in [1.807, 2.05) is 24.3 Å². The fraction of sp³-hybridized carbons (Fsp3) is 0.793. The van der Waals surface area contributed by atoms with E-state index in [9.17, 15) is 5.11 Å². The molecule has 3 rings (SSSR count). The maximum absolute atomic E-state index is 10.3. The highest BCUT2D eigenvalue weighted by Gasteiger charge is 2.57. The molecule has 1 spiro atoms. The Morgan fingerprint density at radius 3 is 1.97 bits per heavy atom. The van der Waals surface area contributed by atoms with Crippen molar-refractivity contribution in [3.63, 3.8) is 0 Å². The van der Waals surface area contributed by atoms with E-state index in [1.54, 1.807) is 0 Å². The van der Waals surface area contributed by atoms with Gasteiger partial charge in [-0.1, -0.05) is 39.8 Å². The molecule has 0 radical (unpaired) electrons. The van der Waals surface area contributed by atoms with Crippen molar-refractivity contribution in [2.24, 2.45) is 5.41 Å². The normalized spacial score (nSPS) is 24.5. The van der Waals surface area contributed by atoms with Gasteiger partial charge < -0.3 is 24.2 Å². The Balaban J connectivity index is 1.60. The molecule has 0 aromatic heterocycles. The zero-order chi connectivity index (χ0) is 26.8. The Hall–Kier alpha value is -1.22. The minimum atomic E-state index is -0.569. The minimum Gasteiger partial charge on any atom is -0.491 e. The zero-order valence-corrected chi connectivity index (χ0v) is 24.1. The van der Waals surface area contributed by atoms with Crippen molar-refractivity contribution in [2.75, 3.05) is 39.5 Å². The number of hydroxylamine groups is 2. The van der Waals surface area contributed by atoms with Gasteiger partial charge in [0, 0.05) is 35.9 Å². The van der Waals surface area contributed by atoms with Gasteiger partial charge in [0.2, 0.25) is 0 Å². The Labute approximate surface area is 219 Å². The Bertz CT molecular complexity index is 805. The third-order valence-corrected chi connectivity index (χ3v) is 7.37. The lowest BCUT2D eigenvalue weighted by Crippen LogP contribution is -2.68. The van der Waals surface area contributed by atoms with Gasteiger partial charge in [0.05, 0.1) is 13.2 Å². The van der Waals surface area contributed by atoms with Crippen molar-refractivity contribution in [3.8, 4) is 5.75 Å². The lowest BCUT2D eigenvalue weighted by atomic mass is 9.77. The second kappa shape index (κ2) is 11.3. The first-order valence-corrected chi connectivity index (χ1v) is 13.6. The molecule has 7 heteroatoms. The molecule has 0 amide bonds. The van der Waals surface area contributed by atoms with Crippen LogP contribution in [0.4, 0.5) is 0 Å². The number of aliphatic hydroxyl groups excluding tert-OH is 1. The summed E-state index contributed by atoms with van der Waals surface area (Å²) in [6.45, 7) is 23.6. The molecular formula is C29H50N2O5. The molecule has 2 heterocycles. The molecule has 0 saturated carbocycles. The maximum Gasteiger partial charge on any atom is 0.171 e. The third-order valence-electron chi connectivity index (χ3n) is 7.37. The van der Waals surface area contributed by atoms with Crippen molar-refractivity contribution in [2.45, 2.75) is 104 Å². The average molecular weight is 507 g/mol. The average Bonchev–Trinajstić information content (AvgIpc) is 2.80. The molecule has 36 heavy (non-hydrogen) atoms. The van der Waals surface area contributed by atoms with E-state index in [1.165, 1.54) is 0 Å². The number of aliphatic hydroxyl groups is 1. The summed E-state index contributed by atoms with van der Waals surface area (Å²) in [7, 11) is 0. The molecule has 2 aliphatic rings. The van der Waals surface area contributed by atoms with E-state index in [2.05, 4.69) is 72.3 Å². The first-order valence-electron chi connectivity index (χ1n) is 13.6. The lowest BCUT2D eigenvalue weighted by molar-refractivity contribution is -0.387. The highest BCUT2D eigenvalue weighted by atomic mass is 16.7. The summed E-state index contributed by atoms with van der Waals surface area (Å²) in [5, 5.41) is 12.4. The Kier molecular flexibility index (Phi) is 9.18. The summed E-state index contributed by atoms with van der Waals surface area (Å²) < 4.78 is 18.6. The van der Waals surface area contributed by atoms with E-state index >= 15 is 0 Å². The summed E-state index contributed by atoms with van der Waals surface area (Å²) in [5.41, 5.74) is 0.564. The summed E-state index contributed by atoms with van der Waals surface area (Å²) in [5.74, 6) is 0.181. The van der Waals surface area contributed by atoms with Crippen LogP contribution in [0.1, 0.15) is 86.8 Å². The molecule has 206 valence electrons. The van der Waals surface area contributed by atoms with E-state index in [-0.39, 0.29) is 29.2 Å². The topological polar surface area (TPSA) is 63.6 Å². The van der Waals surface area contributed by atoms with E-state index in [0.29, 0.717) is 19.8 Å². The molecule has 2 saturated heterocycles. The summed E-state index contributed by atoms with van der Waals surface area (Å²) in [4.78, 5) is 8.81.